The Bertz CT molecular complexity index is 1030. The summed E-state index contributed by atoms with van der Waals surface area (Å²) in [6.45, 7) is 11.7. The molecule has 0 aliphatic heterocycles. The highest BCUT2D eigenvalue weighted by molar-refractivity contribution is 9.10. The third-order valence-electron chi connectivity index (χ3n) is 5.35. The molecule has 0 fully saturated rings. The third-order valence-corrected chi connectivity index (χ3v) is 5.85. The van der Waals surface area contributed by atoms with Crippen molar-refractivity contribution >= 4 is 26.8 Å². The van der Waals surface area contributed by atoms with Gasteiger partial charge in [-0.05, 0) is 72.5 Å². The van der Waals surface area contributed by atoms with Gasteiger partial charge in [-0.3, -0.25) is 0 Å². The van der Waals surface area contributed by atoms with Crippen LogP contribution in [0.3, 0.4) is 0 Å². The zero-order valence-corrected chi connectivity index (χ0v) is 21.8. The van der Waals surface area contributed by atoms with E-state index in [9.17, 15) is 0 Å². The topological polar surface area (TPSA) is 55.7 Å². The molecule has 180 valence electrons. The maximum Gasteiger partial charge on any atom is 0.162 e. The Kier molecular flexibility index (Phi) is 9.24. The number of fused-ring (bicyclic) bond motifs is 1. The minimum atomic E-state index is 0.0850. The van der Waals surface area contributed by atoms with Crippen molar-refractivity contribution in [2.75, 3.05) is 26.4 Å². The molecule has 0 aliphatic carbocycles. The molecule has 0 saturated carbocycles. The molecule has 1 aromatic heterocycles. The summed E-state index contributed by atoms with van der Waals surface area (Å²) >= 11 is 3.52. The second-order valence-corrected chi connectivity index (χ2v) is 10.7. The van der Waals surface area contributed by atoms with E-state index in [-0.39, 0.29) is 12.0 Å². The van der Waals surface area contributed by atoms with Gasteiger partial charge in [0.25, 0.3) is 0 Å². The lowest BCUT2D eigenvalue weighted by molar-refractivity contribution is 0.187. The van der Waals surface area contributed by atoms with Gasteiger partial charge < -0.3 is 24.5 Å². The monoisotopic (exact) mass is 516 g/mol. The van der Waals surface area contributed by atoms with E-state index in [1.165, 1.54) is 16.5 Å². The van der Waals surface area contributed by atoms with Gasteiger partial charge in [0.15, 0.2) is 11.5 Å². The first-order valence-corrected chi connectivity index (χ1v) is 12.5. The largest absolute Gasteiger partial charge is 0.489 e. The van der Waals surface area contributed by atoms with E-state index in [0.717, 1.165) is 41.9 Å². The van der Waals surface area contributed by atoms with E-state index in [1.807, 2.05) is 18.2 Å². The molecule has 5 nitrogen and oxygen atoms in total. The van der Waals surface area contributed by atoms with Crippen LogP contribution in [0.5, 0.6) is 11.5 Å². The fourth-order valence-corrected chi connectivity index (χ4v) is 4.05. The van der Waals surface area contributed by atoms with E-state index in [4.69, 9.17) is 14.6 Å². The fourth-order valence-electron chi connectivity index (χ4n) is 3.71. The molecule has 0 spiro atoms. The minimum Gasteiger partial charge on any atom is -0.489 e. The zero-order chi connectivity index (χ0) is 23.8. The van der Waals surface area contributed by atoms with Gasteiger partial charge in [-0.25, -0.2) is 0 Å². The summed E-state index contributed by atoms with van der Waals surface area (Å²) in [6.07, 6.45) is 3.83. The SMILES string of the molecule is C[C@H](Cc1ccc2c(ccn2CCCO)c1)NCCOc1ccc(Br)cc1OCC(C)(C)C. The van der Waals surface area contributed by atoms with Gasteiger partial charge >= 0.3 is 0 Å². The molecule has 3 rings (SSSR count). The first-order chi connectivity index (χ1) is 15.7. The second kappa shape index (κ2) is 11.9. The molecule has 2 aromatic carbocycles. The van der Waals surface area contributed by atoms with Gasteiger partial charge in [0, 0.05) is 41.9 Å². The molecular formula is C27H37BrN2O3. The summed E-state index contributed by atoms with van der Waals surface area (Å²) in [5.41, 5.74) is 2.62. The summed E-state index contributed by atoms with van der Waals surface area (Å²) < 4.78 is 15.2. The molecule has 2 N–H and O–H groups in total. The van der Waals surface area contributed by atoms with Crippen LogP contribution in [0.2, 0.25) is 0 Å². The van der Waals surface area contributed by atoms with E-state index in [1.54, 1.807) is 0 Å². The molecule has 0 bridgehead atoms. The lowest BCUT2D eigenvalue weighted by Gasteiger charge is -2.21. The average molecular weight is 518 g/mol. The standard InChI is InChI=1S/C27H37BrN2O3/c1-20(16-21-6-8-24-22(17-21)10-13-30(24)12-5-14-31)29-11-15-32-25-9-7-23(28)18-26(25)33-19-27(2,3)4/h6-10,13,17-18,20,29,31H,5,11-12,14-16,19H2,1-4H3/t20-/m1/s1. The third kappa shape index (κ3) is 8.05. The summed E-state index contributed by atoms with van der Waals surface area (Å²) in [6, 6.07) is 15.0. The number of hydrogen-bond acceptors (Lipinski definition) is 4. The Labute approximate surface area is 206 Å². The van der Waals surface area contributed by atoms with Crippen molar-refractivity contribution in [2.24, 2.45) is 5.41 Å². The van der Waals surface area contributed by atoms with Crippen LogP contribution in [-0.4, -0.2) is 42.1 Å². The maximum absolute atomic E-state index is 9.07. The number of aromatic nitrogens is 1. The molecule has 0 amide bonds. The number of hydrogen-bond donors (Lipinski definition) is 2. The lowest BCUT2D eigenvalue weighted by Crippen LogP contribution is -2.31. The van der Waals surface area contributed by atoms with Crippen molar-refractivity contribution in [1.82, 2.24) is 9.88 Å². The highest BCUT2D eigenvalue weighted by Gasteiger charge is 2.14. The smallest absolute Gasteiger partial charge is 0.162 e. The number of aliphatic hydroxyl groups excluding tert-OH is 1. The molecule has 0 unspecified atom stereocenters. The molecule has 33 heavy (non-hydrogen) atoms. The second-order valence-electron chi connectivity index (χ2n) is 9.83. The first-order valence-electron chi connectivity index (χ1n) is 11.7. The molecule has 1 atom stereocenters. The van der Waals surface area contributed by atoms with Crippen molar-refractivity contribution in [2.45, 2.75) is 53.1 Å². The van der Waals surface area contributed by atoms with Crippen LogP contribution in [0.25, 0.3) is 10.9 Å². The highest BCUT2D eigenvalue weighted by Crippen LogP contribution is 2.32. The summed E-state index contributed by atoms with van der Waals surface area (Å²) in [7, 11) is 0. The Morgan fingerprint density at radius 2 is 1.88 bits per heavy atom. The van der Waals surface area contributed by atoms with Crippen molar-refractivity contribution in [3.8, 4) is 11.5 Å². The normalized spacial score (nSPS) is 12.8. The van der Waals surface area contributed by atoms with Gasteiger partial charge in [-0.2, -0.15) is 0 Å². The van der Waals surface area contributed by atoms with Gasteiger partial charge in [0.05, 0.1) is 6.61 Å². The van der Waals surface area contributed by atoms with Crippen LogP contribution in [-0.2, 0) is 13.0 Å². The zero-order valence-electron chi connectivity index (χ0n) is 20.2. The predicted molar refractivity (Wildman–Crippen MR) is 139 cm³/mol. The van der Waals surface area contributed by atoms with Crippen molar-refractivity contribution in [3.05, 3.63) is 58.7 Å². The molecule has 0 radical (unpaired) electrons. The lowest BCUT2D eigenvalue weighted by atomic mass is 9.99. The van der Waals surface area contributed by atoms with E-state index >= 15 is 0 Å². The molecule has 0 saturated heterocycles. The van der Waals surface area contributed by atoms with E-state index < -0.39 is 0 Å². The van der Waals surface area contributed by atoms with Gasteiger partial charge in [0.2, 0.25) is 0 Å². The number of halogens is 1. The number of nitrogens with one attached hydrogen (secondary N) is 1. The first kappa shape index (κ1) is 25.6. The summed E-state index contributed by atoms with van der Waals surface area (Å²) in [5.74, 6) is 1.54. The Morgan fingerprint density at radius 1 is 1.06 bits per heavy atom. The number of nitrogens with zero attached hydrogens (tertiary/aromatic N) is 1. The van der Waals surface area contributed by atoms with Crippen LogP contribution in [0, 0.1) is 5.41 Å². The molecule has 0 aliphatic rings. The van der Waals surface area contributed by atoms with Gasteiger partial charge in [-0.15, -0.1) is 0 Å². The van der Waals surface area contributed by atoms with Crippen LogP contribution < -0.4 is 14.8 Å². The molecule has 3 aromatic rings. The maximum atomic E-state index is 9.07. The van der Waals surface area contributed by atoms with Crippen LogP contribution in [0.15, 0.2) is 53.1 Å². The number of benzene rings is 2. The highest BCUT2D eigenvalue weighted by atomic mass is 79.9. The Balaban J connectivity index is 1.47. The summed E-state index contributed by atoms with van der Waals surface area (Å²) in [5, 5.41) is 13.9. The predicted octanol–water partition coefficient (Wildman–Crippen LogP) is 5.81. The number of aryl methyl sites for hydroxylation is 1. The minimum absolute atomic E-state index is 0.0850. The van der Waals surface area contributed by atoms with E-state index in [0.29, 0.717) is 19.3 Å². The van der Waals surface area contributed by atoms with Crippen molar-refractivity contribution in [1.29, 1.82) is 0 Å². The van der Waals surface area contributed by atoms with Crippen molar-refractivity contribution in [3.63, 3.8) is 0 Å². The number of rotatable bonds is 12. The van der Waals surface area contributed by atoms with Crippen LogP contribution in [0.1, 0.15) is 39.7 Å². The quantitative estimate of drug-likeness (QED) is 0.298. The number of ether oxygens (including phenoxy) is 2. The van der Waals surface area contributed by atoms with Crippen LogP contribution in [0.4, 0.5) is 0 Å². The summed E-state index contributed by atoms with van der Waals surface area (Å²) in [4.78, 5) is 0. The molecule has 6 heteroatoms. The van der Waals surface area contributed by atoms with E-state index in [2.05, 4.69) is 84.0 Å². The van der Waals surface area contributed by atoms with Crippen molar-refractivity contribution < 1.29 is 14.6 Å². The van der Waals surface area contributed by atoms with Crippen LogP contribution >= 0.6 is 15.9 Å². The van der Waals surface area contributed by atoms with Gasteiger partial charge in [-0.1, -0.05) is 42.8 Å². The van der Waals surface area contributed by atoms with Gasteiger partial charge in [0.1, 0.15) is 6.61 Å². The Morgan fingerprint density at radius 3 is 2.64 bits per heavy atom. The molecular weight excluding hydrogens is 480 g/mol. The average Bonchev–Trinajstić information content (AvgIpc) is 3.16. The molecule has 1 heterocycles. The number of aliphatic hydroxyl groups is 1. The Hall–Kier alpha value is -2.02. The fraction of sp³-hybridized carbons (Fsp3) is 0.481.